The highest BCUT2D eigenvalue weighted by atomic mass is 79.9. The second kappa shape index (κ2) is 11.6. The summed E-state index contributed by atoms with van der Waals surface area (Å²) in [6.45, 7) is 1.40. The van der Waals surface area contributed by atoms with Gasteiger partial charge in [-0.05, 0) is 61.7 Å². The first-order chi connectivity index (χ1) is 16.0. The van der Waals surface area contributed by atoms with Crippen LogP contribution in [0.25, 0.3) is 0 Å². The van der Waals surface area contributed by atoms with E-state index in [2.05, 4.69) is 21.2 Å². The van der Waals surface area contributed by atoms with E-state index < -0.39 is 28.5 Å². The normalized spacial score (nSPS) is 15.1. The highest BCUT2D eigenvalue weighted by Crippen LogP contribution is 2.22. The molecule has 0 aliphatic heterocycles. The van der Waals surface area contributed by atoms with Crippen LogP contribution in [0.1, 0.15) is 38.2 Å². The van der Waals surface area contributed by atoms with Crippen LogP contribution in [0.5, 0.6) is 0 Å². The van der Waals surface area contributed by atoms with Gasteiger partial charge < -0.3 is 10.2 Å². The molecule has 2 aromatic carbocycles. The maximum atomic E-state index is 13.5. The van der Waals surface area contributed by atoms with Gasteiger partial charge in [0.1, 0.15) is 12.6 Å². The van der Waals surface area contributed by atoms with Gasteiger partial charge in [0.25, 0.3) is 0 Å². The third kappa shape index (κ3) is 7.20. The van der Waals surface area contributed by atoms with Gasteiger partial charge in [0.2, 0.25) is 21.8 Å². The molecular formula is C24H29BrClN3O4S. The van der Waals surface area contributed by atoms with E-state index in [1.165, 1.54) is 4.90 Å². The van der Waals surface area contributed by atoms with Gasteiger partial charge in [-0.1, -0.05) is 52.5 Å². The Bertz CT molecular complexity index is 1120. The van der Waals surface area contributed by atoms with Crippen LogP contribution in [0.2, 0.25) is 5.02 Å². The molecule has 184 valence electrons. The molecule has 2 aromatic rings. The maximum absolute atomic E-state index is 13.5. The van der Waals surface area contributed by atoms with E-state index in [1.54, 1.807) is 31.2 Å². The van der Waals surface area contributed by atoms with E-state index in [9.17, 15) is 18.0 Å². The molecule has 10 heteroatoms. The molecule has 0 spiro atoms. The highest BCUT2D eigenvalue weighted by Gasteiger charge is 2.31. The largest absolute Gasteiger partial charge is 0.352 e. The standard InChI is InChI=1S/C24H29BrClN3O4S/c1-17(24(31)27-21-8-3-4-9-21)28(15-18-6-5-7-19(25)14-18)23(30)16-29(34(2,32)33)22-12-10-20(26)11-13-22/h5-7,10-14,17,21H,3-4,8-9,15-16H2,1-2H3,(H,27,31)/t17-/m0/s1. The number of hydrogen-bond acceptors (Lipinski definition) is 4. The van der Waals surface area contributed by atoms with Crippen LogP contribution in [0.3, 0.4) is 0 Å². The second-order valence-corrected chi connectivity index (χ2v) is 11.8. The van der Waals surface area contributed by atoms with Gasteiger partial charge in [-0.2, -0.15) is 0 Å². The van der Waals surface area contributed by atoms with Crippen LogP contribution >= 0.6 is 27.5 Å². The minimum Gasteiger partial charge on any atom is -0.352 e. The van der Waals surface area contributed by atoms with Gasteiger partial charge in [0.15, 0.2) is 0 Å². The van der Waals surface area contributed by atoms with Crippen LogP contribution in [0.15, 0.2) is 53.0 Å². The Balaban J connectivity index is 1.87. The predicted octanol–water partition coefficient (Wildman–Crippen LogP) is 4.34. The molecule has 1 saturated carbocycles. The van der Waals surface area contributed by atoms with E-state index in [-0.39, 0.29) is 18.5 Å². The first-order valence-electron chi connectivity index (χ1n) is 11.1. The van der Waals surface area contributed by atoms with E-state index in [4.69, 9.17) is 11.6 Å². The quantitative estimate of drug-likeness (QED) is 0.486. The molecule has 34 heavy (non-hydrogen) atoms. The summed E-state index contributed by atoms with van der Waals surface area (Å²) in [6.07, 6.45) is 5.05. The number of hydrogen-bond donors (Lipinski definition) is 1. The molecule has 0 saturated heterocycles. The average Bonchev–Trinajstić information content (AvgIpc) is 3.28. The van der Waals surface area contributed by atoms with Crippen molar-refractivity contribution >= 4 is 55.1 Å². The van der Waals surface area contributed by atoms with Crippen LogP contribution < -0.4 is 9.62 Å². The molecule has 1 aliphatic rings. The Morgan fingerprint density at radius 3 is 2.38 bits per heavy atom. The summed E-state index contributed by atoms with van der Waals surface area (Å²) in [6, 6.07) is 13.0. The van der Waals surface area contributed by atoms with Crippen molar-refractivity contribution in [2.45, 2.75) is 51.2 Å². The lowest BCUT2D eigenvalue weighted by Gasteiger charge is -2.32. The molecule has 0 heterocycles. The number of rotatable bonds is 9. The number of halogens is 2. The molecule has 1 atom stereocenters. The van der Waals surface area contributed by atoms with Crippen LogP contribution in [-0.2, 0) is 26.2 Å². The summed E-state index contributed by atoms with van der Waals surface area (Å²) in [5.41, 5.74) is 1.14. The van der Waals surface area contributed by atoms with Gasteiger partial charge in [-0.3, -0.25) is 13.9 Å². The molecule has 0 unspecified atom stereocenters. The third-order valence-electron chi connectivity index (χ3n) is 5.90. The summed E-state index contributed by atoms with van der Waals surface area (Å²) >= 11 is 9.38. The fourth-order valence-corrected chi connectivity index (χ4v) is 5.45. The van der Waals surface area contributed by atoms with Crippen molar-refractivity contribution in [3.63, 3.8) is 0 Å². The van der Waals surface area contributed by atoms with Crippen molar-refractivity contribution in [2.24, 2.45) is 0 Å². The highest BCUT2D eigenvalue weighted by molar-refractivity contribution is 9.10. The summed E-state index contributed by atoms with van der Waals surface area (Å²) in [5.74, 6) is -0.720. The fourth-order valence-electron chi connectivity index (χ4n) is 4.03. The zero-order chi connectivity index (χ0) is 24.9. The van der Waals surface area contributed by atoms with Gasteiger partial charge in [-0.15, -0.1) is 0 Å². The summed E-state index contributed by atoms with van der Waals surface area (Å²) in [5, 5.41) is 3.50. The van der Waals surface area contributed by atoms with Gasteiger partial charge >= 0.3 is 0 Å². The van der Waals surface area contributed by atoms with Crippen LogP contribution in [-0.4, -0.2) is 50.0 Å². The summed E-state index contributed by atoms with van der Waals surface area (Å²) in [7, 11) is -3.77. The zero-order valence-corrected chi connectivity index (χ0v) is 22.4. The van der Waals surface area contributed by atoms with E-state index >= 15 is 0 Å². The molecule has 2 amide bonds. The average molecular weight is 571 g/mol. The lowest BCUT2D eigenvalue weighted by Crippen LogP contribution is -2.52. The maximum Gasteiger partial charge on any atom is 0.244 e. The molecule has 0 radical (unpaired) electrons. The lowest BCUT2D eigenvalue weighted by molar-refractivity contribution is -0.139. The van der Waals surface area contributed by atoms with Gasteiger partial charge in [-0.25, -0.2) is 8.42 Å². The Morgan fingerprint density at radius 2 is 1.79 bits per heavy atom. The first kappa shape index (κ1) is 26.5. The predicted molar refractivity (Wildman–Crippen MR) is 138 cm³/mol. The first-order valence-corrected chi connectivity index (χ1v) is 14.1. The number of carbonyl (C=O) groups is 2. The van der Waals surface area contributed by atoms with Crippen LogP contribution in [0.4, 0.5) is 5.69 Å². The van der Waals surface area contributed by atoms with E-state index in [0.29, 0.717) is 10.7 Å². The van der Waals surface area contributed by atoms with Crippen molar-refractivity contribution in [1.82, 2.24) is 10.2 Å². The molecule has 1 fully saturated rings. The van der Waals surface area contributed by atoms with Crippen molar-refractivity contribution in [3.8, 4) is 0 Å². The summed E-state index contributed by atoms with van der Waals surface area (Å²) in [4.78, 5) is 28.0. The second-order valence-electron chi connectivity index (χ2n) is 8.56. The smallest absolute Gasteiger partial charge is 0.244 e. The number of nitrogens with one attached hydrogen (secondary N) is 1. The van der Waals surface area contributed by atoms with Gasteiger partial charge in [0.05, 0.1) is 11.9 Å². The number of amides is 2. The lowest BCUT2D eigenvalue weighted by atomic mass is 10.1. The minimum atomic E-state index is -3.77. The number of sulfonamides is 1. The zero-order valence-electron chi connectivity index (χ0n) is 19.2. The van der Waals surface area contributed by atoms with Crippen molar-refractivity contribution in [1.29, 1.82) is 0 Å². The molecular weight excluding hydrogens is 542 g/mol. The monoisotopic (exact) mass is 569 g/mol. The summed E-state index contributed by atoms with van der Waals surface area (Å²) < 4.78 is 27.0. The van der Waals surface area contributed by atoms with E-state index in [0.717, 1.165) is 46.3 Å². The Hall–Kier alpha value is -2.10. The molecule has 7 nitrogen and oxygen atoms in total. The Labute approximate surface area is 214 Å². The van der Waals surface area contributed by atoms with Crippen molar-refractivity contribution in [2.75, 3.05) is 17.1 Å². The topological polar surface area (TPSA) is 86.8 Å². The molecule has 1 aliphatic carbocycles. The number of benzene rings is 2. The minimum absolute atomic E-state index is 0.111. The van der Waals surface area contributed by atoms with E-state index in [1.807, 2.05) is 24.3 Å². The van der Waals surface area contributed by atoms with Crippen molar-refractivity contribution < 1.29 is 18.0 Å². The SMILES string of the molecule is C[C@@H](C(=O)NC1CCCC1)N(Cc1cccc(Br)c1)C(=O)CN(c1ccc(Cl)cc1)S(C)(=O)=O. The molecule has 0 bridgehead atoms. The molecule has 0 aromatic heterocycles. The third-order valence-corrected chi connectivity index (χ3v) is 7.79. The fraction of sp³-hybridized carbons (Fsp3) is 0.417. The van der Waals surface area contributed by atoms with Crippen LogP contribution in [0, 0.1) is 0 Å². The number of carbonyl (C=O) groups excluding carboxylic acids is 2. The molecule has 3 rings (SSSR count). The Kier molecular flexibility index (Phi) is 9.01. The molecule has 1 N–H and O–H groups in total. The number of nitrogens with zero attached hydrogens (tertiary/aromatic N) is 2. The van der Waals surface area contributed by atoms with Gasteiger partial charge in [0, 0.05) is 22.1 Å². The Morgan fingerprint density at radius 1 is 1.15 bits per heavy atom. The van der Waals surface area contributed by atoms with Crippen molar-refractivity contribution in [3.05, 3.63) is 63.6 Å². The number of anilines is 1.